The number of halogens is 1. The molecule has 0 fully saturated rings. The number of nitro benzene ring substituents is 1. The lowest BCUT2D eigenvalue weighted by molar-refractivity contribution is -0.384. The number of thiophene rings is 1. The maximum absolute atomic E-state index is 12.0. The van der Waals surface area contributed by atoms with Gasteiger partial charge < -0.3 is 4.42 Å². The van der Waals surface area contributed by atoms with Gasteiger partial charge in [-0.15, -0.1) is 11.3 Å². The van der Waals surface area contributed by atoms with Crippen LogP contribution in [0.4, 0.5) is 5.69 Å². The molecule has 1 N–H and O–H groups in total. The van der Waals surface area contributed by atoms with Gasteiger partial charge in [-0.3, -0.25) is 10.1 Å². The third-order valence-corrected chi connectivity index (χ3v) is 6.11. The molecule has 0 aliphatic carbocycles. The fourth-order valence-corrected chi connectivity index (χ4v) is 4.23. The van der Waals surface area contributed by atoms with E-state index in [0.29, 0.717) is 21.4 Å². The maximum atomic E-state index is 12.0. The van der Waals surface area contributed by atoms with E-state index in [2.05, 4.69) is 9.93 Å². The summed E-state index contributed by atoms with van der Waals surface area (Å²) < 4.78 is 29.9. The first kappa shape index (κ1) is 18.1. The standard InChI is InChI=1S/C15H10ClN3O5S2/c16-14-7-8-15(25-14)26(22,23)18-17-9-12-5-6-13(24-12)10-1-3-11(4-2-10)19(20)21/h1-9,18H. The Kier molecular flexibility index (Phi) is 5.07. The predicted molar refractivity (Wildman–Crippen MR) is 98.0 cm³/mol. The molecule has 0 radical (unpaired) electrons. The Hall–Kier alpha value is -2.69. The van der Waals surface area contributed by atoms with Crippen LogP contribution >= 0.6 is 22.9 Å². The molecule has 3 aromatic rings. The lowest BCUT2D eigenvalue weighted by Crippen LogP contribution is -2.16. The summed E-state index contributed by atoms with van der Waals surface area (Å²) in [6, 6.07) is 11.9. The number of non-ortho nitro benzene ring substituents is 1. The van der Waals surface area contributed by atoms with Crippen molar-refractivity contribution in [3.8, 4) is 11.3 Å². The van der Waals surface area contributed by atoms with E-state index in [0.717, 1.165) is 11.3 Å². The molecule has 0 amide bonds. The van der Waals surface area contributed by atoms with Crippen molar-refractivity contribution in [1.29, 1.82) is 0 Å². The summed E-state index contributed by atoms with van der Waals surface area (Å²) >= 11 is 6.64. The van der Waals surface area contributed by atoms with Gasteiger partial charge in [0.05, 0.1) is 15.5 Å². The number of nitro groups is 1. The molecule has 11 heteroatoms. The zero-order valence-electron chi connectivity index (χ0n) is 12.8. The topological polar surface area (TPSA) is 115 Å². The van der Waals surface area contributed by atoms with Gasteiger partial charge in [0.1, 0.15) is 15.7 Å². The smallest absolute Gasteiger partial charge is 0.286 e. The summed E-state index contributed by atoms with van der Waals surface area (Å²) in [5, 5.41) is 14.3. The van der Waals surface area contributed by atoms with E-state index in [1.165, 1.54) is 30.5 Å². The Morgan fingerprint density at radius 2 is 1.88 bits per heavy atom. The van der Waals surface area contributed by atoms with Gasteiger partial charge in [0, 0.05) is 17.7 Å². The average molecular weight is 412 g/mol. The van der Waals surface area contributed by atoms with Crippen molar-refractivity contribution in [2.75, 3.05) is 0 Å². The second-order valence-electron chi connectivity index (χ2n) is 4.92. The van der Waals surface area contributed by atoms with Crippen LogP contribution in [0.1, 0.15) is 5.76 Å². The Labute approximate surface area is 156 Å². The van der Waals surface area contributed by atoms with Crippen LogP contribution in [0.25, 0.3) is 11.3 Å². The van der Waals surface area contributed by atoms with Crippen molar-refractivity contribution in [3.63, 3.8) is 0 Å². The molecule has 134 valence electrons. The lowest BCUT2D eigenvalue weighted by atomic mass is 10.1. The zero-order valence-corrected chi connectivity index (χ0v) is 15.2. The van der Waals surface area contributed by atoms with Gasteiger partial charge in [-0.1, -0.05) is 11.6 Å². The van der Waals surface area contributed by atoms with Gasteiger partial charge in [0.25, 0.3) is 15.7 Å². The number of nitrogens with zero attached hydrogens (tertiary/aromatic N) is 2. The van der Waals surface area contributed by atoms with Crippen LogP contribution in [0.3, 0.4) is 0 Å². The molecule has 0 aliphatic rings. The number of hydrogen-bond donors (Lipinski definition) is 1. The van der Waals surface area contributed by atoms with Gasteiger partial charge in [-0.2, -0.15) is 18.4 Å². The molecular weight excluding hydrogens is 402 g/mol. The Bertz CT molecular complexity index is 1070. The zero-order chi connectivity index (χ0) is 18.7. The van der Waals surface area contributed by atoms with Crippen molar-refractivity contribution in [2.24, 2.45) is 5.10 Å². The molecule has 8 nitrogen and oxygen atoms in total. The van der Waals surface area contributed by atoms with Gasteiger partial charge >= 0.3 is 0 Å². The SMILES string of the molecule is O=[N+]([O-])c1ccc(-c2ccc(C=NNS(=O)(=O)c3ccc(Cl)s3)o2)cc1. The van der Waals surface area contributed by atoms with E-state index < -0.39 is 14.9 Å². The number of sulfonamides is 1. The average Bonchev–Trinajstić information content (AvgIpc) is 3.24. The van der Waals surface area contributed by atoms with Crippen molar-refractivity contribution in [1.82, 2.24) is 4.83 Å². The molecule has 0 spiro atoms. The summed E-state index contributed by atoms with van der Waals surface area (Å²) in [5.74, 6) is 0.777. The lowest BCUT2D eigenvalue weighted by Gasteiger charge is -1.98. The van der Waals surface area contributed by atoms with Crippen LogP contribution in [0.15, 0.2) is 62.3 Å². The third-order valence-electron chi connectivity index (χ3n) is 3.17. The maximum Gasteiger partial charge on any atom is 0.286 e. The van der Waals surface area contributed by atoms with E-state index in [-0.39, 0.29) is 9.90 Å². The quantitative estimate of drug-likeness (QED) is 0.375. The molecular formula is C15H10ClN3O5S2. The van der Waals surface area contributed by atoms with Crippen molar-refractivity contribution < 1.29 is 17.8 Å². The minimum Gasteiger partial charge on any atom is -0.455 e. The highest BCUT2D eigenvalue weighted by Crippen LogP contribution is 2.26. The van der Waals surface area contributed by atoms with E-state index in [9.17, 15) is 18.5 Å². The van der Waals surface area contributed by atoms with Crippen LogP contribution in [0, 0.1) is 10.1 Å². The summed E-state index contributed by atoms with van der Waals surface area (Å²) in [4.78, 5) is 12.2. The molecule has 0 bridgehead atoms. The number of benzene rings is 1. The number of nitrogens with one attached hydrogen (secondary N) is 1. The van der Waals surface area contributed by atoms with E-state index in [4.69, 9.17) is 16.0 Å². The molecule has 0 unspecified atom stereocenters. The van der Waals surface area contributed by atoms with Gasteiger partial charge in [0.15, 0.2) is 0 Å². The third kappa shape index (κ3) is 4.10. The number of furan rings is 1. The van der Waals surface area contributed by atoms with Crippen molar-refractivity contribution >= 4 is 44.9 Å². The predicted octanol–water partition coefficient (Wildman–Crippen LogP) is 3.88. The number of hydrogen-bond acceptors (Lipinski definition) is 7. The summed E-state index contributed by atoms with van der Waals surface area (Å²) in [7, 11) is -3.79. The van der Waals surface area contributed by atoms with Gasteiger partial charge in [-0.25, -0.2) is 0 Å². The Morgan fingerprint density at radius 3 is 2.50 bits per heavy atom. The van der Waals surface area contributed by atoms with Crippen LogP contribution in [-0.4, -0.2) is 19.6 Å². The number of rotatable bonds is 6. The summed E-state index contributed by atoms with van der Waals surface area (Å²) in [6.45, 7) is 0. The summed E-state index contributed by atoms with van der Waals surface area (Å²) in [5.41, 5.74) is 0.620. The molecule has 3 rings (SSSR count). The highest BCUT2D eigenvalue weighted by Gasteiger charge is 2.15. The molecule has 0 aliphatic heterocycles. The largest absolute Gasteiger partial charge is 0.455 e. The highest BCUT2D eigenvalue weighted by molar-refractivity contribution is 7.91. The number of hydrazone groups is 1. The molecule has 1 aromatic carbocycles. The van der Waals surface area contributed by atoms with E-state index in [1.54, 1.807) is 24.3 Å². The van der Waals surface area contributed by atoms with Gasteiger partial charge in [0.2, 0.25) is 0 Å². The van der Waals surface area contributed by atoms with Crippen LogP contribution in [0.2, 0.25) is 4.34 Å². The monoisotopic (exact) mass is 411 g/mol. The molecule has 0 atom stereocenters. The Balaban J connectivity index is 1.70. The molecule has 26 heavy (non-hydrogen) atoms. The van der Waals surface area contributed by atoms with Crippen LogP contribution in [-0.2, 0) is 10.0 Å². The second kappa shape index (κ2) is 7.28. The van der Waals surface area contributed by atoms with E-state index >= 15 is 0 Å². The van der Waals surface area contributed by atoms with Gasteiger partial charge in [-0.05, 0) is 36.4 Å². The highest BCUT2D eigenvalue weighted by atomic mass is 35.5. The van der Waals surface area contributed by atoms with Crippen LogP contribution in [0.5, 0.6) is 0 Å². The first-order chi connectivity index (χ1) is 12.3. The Morgan fingerprint density at radius 1 is 1.15 bits per heavy atom. The van der Waals surface area contributed by atoms with E-state index in [1.807, 2.05) is 0 Å². The minimum atomic E-state index is -3.79. The minimum absolute atomic E-state index is 0.0230. The molecule has 0 saturated carbocycles. The fourth-order valence-electron chi connectivity index (χ4n) is 1.97. The van der Waals surface area contributed by atoms with Crippen molar-refractivity contribution in [2.45, 2.75) is 4.21 Å². The summed E-state index contributed by atoms with van der Waals surface area (Å²) in [6.07, 6.45) is 1.21. The van der Waals surface area contributed by atoms with Crippen molar-refractivity contribution in [3.05, 3.63) is 68.7 Å². The van der Waals surface area contributed by atoms with Crippen LogP contribution < -0.4 is 4.83 Å². The molecule has 0 saturated heterocycles. The first-order valence-corrected chi connectivity index (χ1v) is 9.68. The second-order valence-corrected chi connectivity index (χ2v) is 8.52. The fraction of sp³-hybridized carbons (Fsp3) is 0. The molecule has 2 heterocycles. The normalized spacial score (nSPS) is 11.7. The molecule has 2 aromatic heterocycles. The first-order valence-electron chi connectivity index (χ1n) is 7.00.